The third-order valence-electron chi connectivity index (χ3n) is 12.4. The van der Waals surface area contributed by atoms with Gasteiger partial charge in [0.2, 0.25) is 0 Å². The highest BCUT2D eigenvalue weighted by atomic mass is 14.9. The average Bonchev–Trinajstić information content (AvgIpc) is 3.66. The van der Waals surface area contributed by atoms with Crippen LogP contribution in [0.2, 0.25) is 0 Å². The molecule has 0 unspecified atom stereocenters. The van der Waals surface area contributed by atoms with Crippen molar-refractivity contribution in [2.24, 2.45) is 7.05 Å². The summed E-state index contributed by atoms with van der Waals surface area (Å²) in [7, 11) is 2.22. The second kappa shape index (κ2) is 15.9. The third kappa shape index (κ3) is 6.90. The van der Waals surface area contributed by atoms with Gasteiger partial charge in [-0.25, -0.2) is 0 Å². The number of hydrogen-bond acceptors (Lipinski definition) is 0. The quantitative estimate of drug-likeness (QED) is 0.144. The van der Waals surface area contributed by atoms with Crippen LogP contribution < -0.4 is 0 Å². The summed E-state index contributed by atoms with van der Waals surface area (Å²) in [6.45, 7) is 0. The number of hydrogen-bond donors (Lipinski definition) is 0. The topological polar surface area (TPSA) is 4.93 Å². The Morgan fingerprint density at radius 1 is 0.210 bits per heavy atom. The summed E-state index contributed by atoms with van der Waals surface area (Å²) in [6.07, 6.45) is 0. The van der Waals surface area contributed by atoms with E-state index in [0.29, 0.717) is 0 Å². The fourth-order valence-corrected chi connectivity index (χ4v) is 9.28. The van der Waals surface area contributed by atoms with Crippen molar-refractivity contribution in [2.75, 3.05) is 0 Å². The van der Waals surface area contributed by atoms with E-state index in [4.69, 9.17) is 0 Å². The van der Waals surface area contributed by atoms with Gasteiger partial charge in [-0.2, -0.15) is 0 Å². The molecule has 1 aromatic heterocycles. The summed E-state index contributed by atoms with van der Waals surface area (Å²) >= 11 is 0. The summed E-state index contributed by atoms with van der Waals surface area (Å²) in [5.41, 5.74) is 21.8. The normalized spacial score (nSPS) is 11.3. The minimum Gasteiger partial charge on any atom is -0.343 e. The summed E-state index contributed by atoms with van der Waals surface area (Å²) in [6, 6.07) is 88.3. The molecule has 0 atom stereocenters. The highest BCUT2D eigenvalue weighted by Gasteiger charge is 2.17. The van der Waals surface area contributed by atoms with E-state index < -0.39 is 0 Å². The van der Waals surface area contributed by atoms with Crippen LogP contribution in [0.5, 0.6) is 0 Å². The molecule has 0 radical (unpaired) electrons. The second-order valence-corrected chi connectivity index (χ2v) is 16.2. The maximum absolute atomic E-state index is 2.40. The van der Waals surface area contributed by atoms with Gasteiger partial charge in [0.05, 0.1) is 11.0 Å². The predicted molar refractivity (Wildman–Crippen MR) is 264 cm³/mol. The number of aromatic nitrogens is 1. The molecular weight excluding hydrogens is 747 g/mol. The molecule has 0 fully saturated rings. The number of para-hydroxylation sites is 2. The molecule has 1 heterocycles. The van der Waals surface area contributed by atoms with Crippen molar-refractivity contribution in [1.29, 1.82) is 0 Å². The van der Waals surface area contributed by atoms with Gasteiger partial charge in [-0.05, 0) is 114 Å². The number of benzene rings is 10. The Balaban J connectivity index is 0.959. The van der Waals surface area contributed by atoms with Gasteiger partial charge in [-0.15, -0.1) is 0 Å². The van der Waals surface area contributed by atoms with Crippen LogP contribution in [0.4, 0.5) is 0 Å². The Hall–Kier alpha value is -8.00. The molecule has 0 spiro atoms. The molecule has 0 aliphatic rings. The Kier molecular flexibility index (Phi) is 9.48. The van der Waals surface area contributed by atoms with E-state index in [1.807, 2.05) is 0 Å². The first kappa shape index (κ1) is 37.0. The minimum atomic E-state index is 1.20. The van der Waals surface area contributed by atoms with Crippen molar-refractivity contribution in [3.05, 3.63) is 243 Å². The molecule has 0 aliphatic carbocycles. The molecule has 0 saturated carbocycles. The van der Waals surface area contributed by atoms with Gasteiger partial charge in [-0.3, -0.25) is 0 Å². The number of aryl methyl sites for hydroxylation is 1. The van der Waals surface area contributed by atoms with Gasteiger partial charge in [0.25, 0.3) is 0 Å². The molecule has 0 amide bonds. The number of rotatable bonds is 8. The third-order valence-corrected chi connectivity index (χ3v) is 12.4. The molecule has 292 valence electrons. The van der Waals surface area contributed by atoms with Gasteiger partial charge in [0, 0.05) is 28.9 Å². The van der Waals surface area contributed by atoms with Gasteiger partial charge in [0.1, 0.15) is 0 Å². The molecule has 11 aromatic rings. The molecule has 0 aliphatic heterocycles. The van der Waals surface area contributed by atoms with Crippen LogP contribution in [-0.2, 0) is 7.05 Å². The lowest BCUT2D eigenvalue weighted by atomic mass is 9.92. The molecular formula is C61H43N. The maximum atomic E-state index is 2.40. The van der Waals surface area contributed by atoms with Gasteiger partial charge in [0.15, 0.2) is 0 Å². The van der Waals surface area contributed by atoms with E-state index in [9.17, 15) is 0 Å². The van der Waals surface area contributed by atoms with E-state index in [2.05, 4.69) is 254 Å². The van der Waals surface area contributed by atoms with Crippen molar-refractivity contribution in [3.8, 4) is 89.0 Å². The van der Waals surface area contributed by atoms with Crippen LogP contribution in [0.15, 0.2) is 243 Å². The standard InChI is InChI=1S/C61H43N/c1-62-60-56(48-32-28-46(29-33-48)54-38-50(42-16-6-2-7-17-42)36-51(39-54)43-18-8-3-9-19-43)24-14-26-58(60)59-27-15-25-57(61(59)62)49-34-30-47(31-35-49)55-40-52(44-20-10-4-11-21-44)37-53(41-55)45-22-12-5-13-23-45/h2-41H,1H3. The lowest BCUT2D eigenvalue weighted by molar-refractivity contribution is 1.02. The number of fused-ring (bicyclic) bond motifs is 3. The van der Waals surface area contributed by atoms with Crippen molar-refractivity contribution in [1.82, 2.24) is 4.57 Å². The fourth-order valence-electron chi connectivity index (χ4n) is 9.28. The van der Waals surface area contributed by atoms with Crippen molar-refractivity contribution >= 4 is 21.8 Å². The van der Waals surface area contributed by atoms with Gasteiger partial charge >= 0.3 is 0 Å². The van der Waals surface area contributed by atoms with Crippen molar-refractivity contribution in [3.63, 3.8) is 0 Å². The van der Waals surface area contributed by atoms with Crippen LogP contribution in [-0.4, -0.2) is 4.57 Å². The van der Waals surface area contributed by atoms with Crippen LogP contribution in [0.1, 0.15) is 0 Å². The van der Waals surface area contributed by atoms with E-state index in [0.717, 1.165) is 0 Å². The van der Waals surface area contributed by atoms with Crippen LogP contribution >= 0.6 is 0 Å². The monoisotopic (exact) mass is 789 g/mol. The van der Waals surface area contributed by atoms with E-state index in [1.54, 1.807) is 0 Å². The van der Waals surface area contributed by atoms with E-state index >= 15 is 0 Å². The maximum Gasteiger partial charge on any atom is 0.0568 e. The molecule has 1 nitrogen and oxygen atoms in total. The summed E-state index contributed by atoms with van der Waals surface area (Å²) in [5.74, 6) is 0. The average molecular weight is 790 g/mol. The number of nitrogens with zero attached hydrogens (tertiary/aromatic N) is 1. The first-order chi connectivity index (χ1) is 30.6. The van der Waals surface area contributed by atoms with Gasteiger partial charge < -0.3 is 4.57 Å². The molecule has 0 N–H and O–H groups in total. The fraction of sp³-hybridized carbons (Fsp3) is 0.0164. The molecule has 62 heavy (non-hydrogen) atoms. The summed E-state index contributed by atoms with van der Waals surface area (Å²) in [4.78, 5) is 0. The molecule has 0 bridgehead atoms. The molecule has 11 rings (SSSR count). The zero-order valence-corrected chi connectivity index (χ0v) is 34.5. The van der Waals surface area contributed by atoms with Crippen LogP contribution in [0, 0.1) is 0 Å². The molecule has 1 heteroatoms. The zero-order chi connectivity index (χ0) is 41.4. The van der Waals surface area contributed by atoms with E-state index in [-0.39, 0.29) is 0 Å². The first-order valence-corrected chi connectivity index (χ1v) is 21.4. The Bertz CT molecular complexity index is 3000. The highest BCUT2D eigenvalue weighted by molar-refractivity contribution is 6.16. The van der Waals surface area contributed by atoms with Gasteiger partial charge in [-0.1, -0.05) is 206 Å². The Labute approximate surface area is 363 Å². The summed E-state index contributed by atoms with van der Waals surface area (Å²) < 4.78 is 2.40. The Morgan fingerprint density at radius 2 is 0.452 bits per heavy atom. The molecule has 0 saturated heterocycles. The highest BCUT2D eigenvalue weighted by Crippen LogP contribution is 2.41. The minimum absolute atomic E-state index is 1.20. The SMILES string of the molecule is Cn1c2c(-c3ccc(-c4cc(-c5ccccc5)cc(-c5ccccc5)c4)cc3)cccc2c2cccc(-c3ccc(-c4cc(-c5ccccc5)cc(-c5ccccc5)c4)cc3)c21. The second-order valence-electron chi connectivity index (χ2n) is 16.2. The lowest BCUT2D eigenvalue weighted by Crippen LogP contribution is -1.92. The molecule has 10 aromatic carbocycles. The lowest BCUT2D eigenvalue weighted by Gasteiger charge is -2.13. The Morgan fingerprint density at radius 3 is 0.726 bits per heavy atom. The largest absolute Gasteiger partial charge is 0.343 e. The summed E-state index contributed by atoms with van der Waals surface area (Å²) in [5, 5.41) is 2.52. The van der Waals surface area contributed by atoms with Crippen LogP contribution in [0.3, 0.4) is 0 Å². The smallest absolute Gasteiger partial charge is 0.0568 e. The van der Waals surface area contributed by atoms with Crippen LogP contribution in [0.25, 0.3) is 111 Å². The first-order valence-electron chi connectivity index (χ1n) is 21.4. The predicted octanol–water partition coefficient (Wildman–Crippen LogP) is 16.7. The van der Waals surface area contributed by atoms with Crippen molar-refractivity contribution < 1.29 is 0 Å². The zero-order valence-electron chi connectivity index (χ0n) is 34.5. The van der Waals surface area contributed by atoms with Crippen molar-refractivity contribution in [2.45, 2.75) is 0 Å². The van der Waals surface area contributed by atoms with E-state index in [1.165, 1.54) is 111 Å².